The Bertz CT molecular complexity index is 187. The number of nitrogens with two attached hydrogens (primary N) is 1. The summed E-state index contributed by atoms with van der Waals surface area (Å²) in [7, 11) is 0. The van der Waals surface area contributed by atoms with Crippen molar-refractivity contribution in [2.45, 2.75) is 45.7 Å². The average Bonchev–Trinajstić information content (AvgIpc) is 2.69. The average molecular weight is 170 g/mol. The molecule has 0 spiro atoms. The first-order chi connectivity index (χ1) is 5.46. The van der Waals surface area contributed by atoms with Gasteiger partial charge in [0.2, 0.25) is 5.91 Å². The fourth-order valence-corrected chi connectivity index (χ4v) is 1.29. The first kappa shape index (κ1) is 9.52. The Kier molecular flexibility index (Phi) is 2.42. The van der Waals surface area contributed by atoms with Gasteiger partial charge in [-0.2, -0.15) is 0 Å². The lowest BCUT2D eigenvalue weighted by atomic mass is 10.00. The van der Waals surface area contributed by atoms with Crippen LogP contribution in [0.4, 0.5) is 0 Å². The predicted octanol–water partition coefficient (Wildman–Crippen LogP) is 0.638. The summed E-state index contributed by atoms with van der Waals surface area (Å²) >= 11 is 0. The van der Waals surface area contributed by atoms with Gasteiger partial charge in [0.05, 0.1) is 6.04 Å². The molecule has 3 heteroatoms. The van der Waals surface area contributed by atoms with Crippen molar-refractivity contribution in [1.82, 2.24) is 5.32 Å². The number of carbonyl (C=O) groups is 1. The van der Waals surface area contributed by atoms with Crippen molar-refractivity contribution >= 4 is 5.91 Å². The van der Waals surface area contributed by atoms with E-state index in [-0.39, 0.29) is 11.9 Å². The standard InChI is InChI=1S/C9H18N2O/c1-6(8(10)12)11-7(2)9(3)4-5-9/h6-7,11H,4-5H2,1-3H3,(H2,10,12). The van der Waals surface area contributed by atoms with Gasteiger partial charge in [-0.3, -0.25) is 4.79 Å². The Balaban J connectivity index is 2.35. The highest BCUT2D eigenvalue weighted by molar-refractivity contribution is 5.79. The summed E-state index contributed by atoms with van der Waals surface area (Å²) in [5.41, 5.74) is 5.55. The first-order valence-corrected chi connectivity index (χ1v) is 4.51. The van der Waals surface area contributed by atoms with Crippen LogP contribution in [-0.4, -0.2) is 18.0 Å². The van der Waals surface area contributed by atoms with Crippen LogP contribution in [0.15, 0.2) is 0 Å². The largest absolute Gasteiger partial charge is 0.368 e. The van der Waals surface area contributed by atoms with Crippen LogP contribution in [0.3, 0.4) is 0 Å². The van der Waals surface area contributed by atoms with Gasteiger partial charge in [0, 0.05) is 6.04 Å². The second kappa shape index (κ2) is 3.05. The van der Waals surface area contributed by atoms with Crippen molar-refractivity contribution in [3.05, 3.63) is 0 Å². The molecule has 0 aliphatic heterocycles. The summed E-state index contributed by atoms with van der Waals surface area (Å²) in [4.78, 5) is 10.7. The molecule has 1 aliphatic carbocycles. The Labute approximate surface area is 73.7 Å². The molecule has 1 aliphatic rings. The molecule has 3 N–H and O–H groups in total. The van der Waals surface area contributed by atoms with Crippen LogP contribution >= 0.6 is 0 Å². The smallest absolute Gasteiger partial charge is 0.234 e. The predicted molar refractivity (Wildman–Crippen MR) is 48.6 cm³/mol. The molecule has 0 saturated heterocycles. The van der Waals surface area contributed by atoms with Crippen LogP contribution < -0.4 is 11.1 Å². The molecule has 70 valence electrons. The van der Waals surface area contributed by atoms with Gasteiger partial charge >= 0.3 is 0 Å². The number of hydrogen-bond donors (Lipinski definition) is 2. The van der Waals surface area contributed by atoms with Crippen LogP contribution in [0.1, 0.15) is 33.6 Å². The van der Waals surface area contributed by atoms with Crippen molar-refractivity contribution < 1.29 is 4.79 Å². The third kappa shape index (κ3) is 1.97. The maximum Gasteiger partial charge on any atom is 0.234 e. The molecule has 0 aromatic rings. The molecule has 3 nitrogen and oxygen atoms in total. The van der Waals surface area contributed by atoms with Gasteiger partial charge in [-0.05, 0) is 32.1 Å². The molecule has 0 heterocycles. The molecule has 0 aromatic carbocycles. The molecule has 1 saturated carbocycles. The minimum atomic E-state index is -0.272. The Hall–Kier alpha value is -0.570. The van der Waals surface area contributed by atoms with E-state index in [1.807, 2.05) is 6.92 Å². The molecule has 1 amide bonds. The fourth-order valence-electron chi connectivity index (χ4n) is 1.29. The van der Waals surface area contributed by atoms with E-state index in [2.05, 4.69) is 19.2 Å². The van der Waals surface area contributed by atoms with Gasteiger partial charge in [0.25, 0.3) is 0 Å². The van der Waals surface area contributed by atoms with E-state index in [1.54, 1.807) is 0 Å². The number of primary amides is 1. The zero-order valence-corrected chi connectivity index (χ0v) is 8.05. The molecule has 0 bridgehead atoms. The summed E-state index contributed by atoms with van der Waals surface area (Å²) in [6, 6.07) is 0.178. The highest BCUT2D eigenvalue weighted by Crippen LogP contribution is 2.47. The lowest BCUT2D eigenvalue weighted by molar-refractivity contribution is -0.119. The third-order valence-electron chi connectivity index (χ3n) is 3.01. The highest BCUT2D eigenvalue weighted by atomic mass is 16.1. The molecule has 2 atom stereocenters. The number of hydrogen-bond acceptors (Lipinski definition) is 2. The van der Waals surface area contributed by atoms with Gasteiger partial charge in [-0.15, -0.1) is 0 Å². The van der Waals surface area contributed by atoms with Crippen molar-refractivity contribution in [1.29, 1.82) is 0 Å². The van der Waals surface area contributed by atoms with Crippen molar-refractivity contribution in [2.24, 2.45) is 11.1 Å². The lowest BCUT2D eigenvalue weighted by Gasteiger charge is -2.23. The highest BCUT2D eigenvalue weighted by Gasteiger charge is 2.42. The van der Waals surface area contributed by atoms with Crippen LogP contribution in [0.25, 0.3) is 0 Å². The van der Waals surface area contributed by atoms with E-state index in [4.69, 9.17) is 5.73 Å². The maximum atomic E-state index is 10.7. The molecular weight excluding hydrogens is 152 g/mol. The van der Waals surface area contributed by atoms with Gasteiger partial charge in [-0.25, -0.2) is 0 Å². The van der Waals surface area contributed by atoms with Crippen LogP contribution in [0, 0.1) is 5.41 Å². The van der Waals surface area contributed by atoms with Crippen molar-refractivity contribution in [3.63, 3.8) is 0 Å². The minimum Gasteiger partial charge on any atom is -0.368 e. The fraction of sp³-hybridized carbons (Fsp3) is 0.889. The molecule has 1 rings (SSSR count). The van der Waals surface area contributed by atoms with Crippen LogP contribution in [0.2, 0.25) is 0 Å². The van der Waals surface area contributed by atoms with E-state index >= 15 is 0 Å². The Morgan fingerprint density at radius 3 is 2.33 bits per heavy atom. The summed E-state index contributed by atoms with van der Waals surface area (Å²) in [5, 5.41) is 3.21. The molecular formula is C9H18N2O. The lowest BCUT2D eigenvalue weighted by Crippen LogP contribution is -2.46. The summed E-state index contributed by atoms with van der Waals surface area (Å²) < 4.78 is 0. The summed E-state index contributed by atoms with van der Waals surface area (Å²) in [6.45, 7) is 6.16. The second-order valence-electron chi connectivity index (χ2n) is 4.17. The number of rotatable bonds is 4. The quantitative estimate of drug-likeness (QED) is 0.650. The number of amides is 1. The second-order valence-corrected chi connectivity index (χ2v) is 4.17. The van der Waals surface area contributed by atoms with Gasteiger partial charge in [0.15, 0.2) is 0 Å². The van der Waals surface area contributed by atoms with Crippen molar-refractivity contribution in [2.75, 3.05) is 0 Å². The zero-order chi connectivity index (χ0) is 9.35. The van der Waals surface area contributed by atoms with E-state index < -0.39 is 0 Å². The summed E-state index contributed by atoms with van der Waals surface area (Å²) in [6.07, 6.45) is 2.51. The van der Waals surface area contributed by atoms with Crippen LogP contribution in [-0.2, 0) is 4.79 Å². The van der Waals surface area contributed by atoms with Gasteiger partial charge < -0.3 is 11.1 Å². The topological polar surface area (TPSA) is 55.1 Å². The minimum absolute atomic E-state index is 0.211. The van der Waals surface area contributed by atoms with E-state index in [1.165, 1.54) is 12.8 Å². The maximum absolute atomic E-state index is 10.7. The van der Waals surface area contributed by atoms with Gasteiger partial charge in [-0.1, -0.05) is 6.92 Å². The molecule has 12 heavy (non-hydrogen) atoms. The zero-order valence-electron chi connectivity index (χ0n) is 8.05. The normalized spacial score (nSPS) is 24.6. The summed E-state index contributed by atoms with van der Waals surface area (Å²) in [5.74, 6) is -0.272. The number of nitrogens with one attached hydrogen (secondary N) is 1. The van der Waals surface area contributed by atoms with Gasteiger partial charge in [0.1, 0.15) is 0 Å². The molecule has 0 aromatic heterocycles. The monoisotopic (exact) mass is 170 g/mol. The first-order valence-electron chi connectivity index (χ1n) is 4.51. The number of carbonyl (C=O) groups excluding carboxylic acids is 1. The molecule has 0 radical (unpaired) electrons. The van der Waals surface area contributed by atoms with Crippen LogP contribution in [0.5, 0.6) is 0 Å². The van der Waals surface area contributed by atoms with Crippen molar-refractivity contribution in [3.8, 4) is 0 Å². The van der Waals surface area contributed by atoms with E-state index in [9.17, 15) is 4.79 Å². The van der Waals surface area contributed by atoms with E-state index in [0.29, 0.717) is 11.5 Å². The Morgan fingerprint density at radius 2 is 2.00 bits per heavy atom. The Morgan fingerprint density at radius 1 is 1.50 bits per heavy atom. The third-order valence-corrected chi connectivity index (χ3v) is 3.01. The van der Waals surface area contributed by atoms with E-state index in [0.717, 1.165) is 0 Å². The molecule has 1 fully saturated rings. The molecule has 2 unspecified atom stereocenters. The SMILES string of the molecule is CC(NC(C)C1(C)CC1)C(N)=O.